The fraction of sp³-hybridized carbons (Fsp3) is 1.00. The van der Waals surface area contributed by atoms with Crippen molar-refractivity contribution >= 4 is 0 Å². The molecule has 72 valence electrons. The molecule has 1 rings (SSSR count). The Morgan fingerprint density at radius 2 is 1.67 bits per heavy atom. The monoisotopic (exact) mass is 169 g/mol. The van der Waals surface area contributed by atoms with Gasteiger partial charge in [0.2, 0.25) is 0 Å². The molecule has 0 aromatic rings. The molecule has 1 aliphatic heterocycles. The predicted octanol–water partition coefficient (Wildman–Crippen LogP) is 3.10. The molecular weight excluding hydrogens is 146 g/mol. The van der Waals surface area contributed by atoms with Gasteiger partial charge >= 0.3 is 0 Å². The number of rotatable bonds is 5. The molecule has 0 aromatic carbocycles. The van der Waals surface area contributed by atoms with Gasteiger partial charge in [-0.15, -0.1) is 0 Å². The van der Waals surface area contributed by atoms with Crippen molar-refractivity contribution in [3.8, 4) is 0 Å². The lowest BCUT2D eigenvalue weighted by Gasteiger charge is -2.12. The second-order valence-electron chi connectivity index (χ2n) is 4.07. The van der Waals surface area contributed by atoms with Gasteiger partial charge in [-0.05, 0) is 25.7 Å². The highest BCUT2D eigenvalue weighted by Crippen LogP contribution is 2.19. The summed E-state index contributed by atoms with van der Waals surface area (Å²) < 4.78 is 0. The van der Waals surface area contributed by atoms with Gasteiger partial charge in [-0.1, -0.05) is 33.1 Å². The van der Waals surface area contributed by atoms with Gasteiger partial charge in [-0.25, -0.2) is 0 Å². The van der Waals surface area contributed by atoms with Gasteiger partial charge < -0.3 is 5.32 Å². The van der Waals surface area contributed by atoms with Crippen LogP contribution in [-0.2, 0) is 0 Å². The molecule has 0 bridgehead atoms. The van der Waals surface area contributed by atoms with Crippen molar-refractivity contribution in [3.05, 3.63) is 0 Å². The number of nitrogens with one attached hydrogen (secondary N) is 1. The summed E-state index contributed by atoms with van der Waals surface area (Å²) in [4.78, 5) is 0. The Kier molecular flexibility index (Phi) is 4.67. The Hall–Kier alpha value is -0.0400. The molecule has 2 atom stereocenters. The lowest BCUT2D eigenvalue weighted by molar-refractivity contribution is 0.476. The van der Waals surface area contributed by atoms with Crippen LogP contribution in [-0.4, -0.2) is 12.1 Å². The minimum Gasteiger partial charge on any atom is -0.311 e. The Morgan fingerprint density at radius 1 is 1.00 bits per heavy atom. The molecule has 0 aliphatic carbocycles. The third-order valence-corrected chi connectivity index (χ3v) is 2.88. The van der Waals surface area contributed by atoms with Crippen LogP contribution in [0.1, 0.15) is 58.8 Å². The number of hydrogen-bond donors (Lipinski definition) is 1. The molecule has 0 unspecified atom stereocenters. The summed E-state index contributed by atoms with van der Waals surface area (Å²) in [7, 11) is 0. The van der Waals surface area contributed by atoms with E-state index >= 15 is 0 Å². The minimum atomic E-state index is 0.844. The molecule has 0 radical (unpaired) electrons. The van der Waals surface area contributed by atoms with Gasteiger partial charge in [0.05, 0.1) is 0 Å². The van der Waals surface area contributed by atoms with Gasteiger partial charge in [0.15, 0.2) is 0 Å². The van der Waals surface area contributed by atoms with Crippen LogP contribution in [0.5, 0.6) is 0 Å². The van der Waals surface area contributed by atoms with Crippen LogP contribution in [0.3, 0.4) is 0 Å². The lowest BCUT2D eigenvalue weighted by atomic mass is 10.1. The van der Waals surface area contributed by atoms with Crippen molar-refractivity contribution in [1.82, 2.24) is 5.32 Å². The minimum absolute atomic E-state index is 0.844. The highest BCUT2D eigenvalue weighted by atomic mass is 15.0. The third-order valence-electron chi connectivity index (χ3n) is 2.88. The Morgan fingerprint density at radius 3 is 2.25 bits per heavy atom. The Labute approximate surface area is 76.9 Å². The first-order valence-corrected chi connectivity index (χ1v) is 5.62. The summed E-state index contributed by atoms with van der Waals surface area (Å²) >= 11 is 0. The van der Waals surface area contributed by atoms with Crippen LogP contribution in [0.4, 0.5) is 0 Å². The average molecular weight is 169 g/mol. The number of hydrogen-bond acceptors (Lipinski definition) is 1. The van der Waals surface area contributed by atoms with Crippen molar-refractivity contribution in [2.45, 2.75) is 70.9 Å². The third kappa shape index (κ3) is 3.14. The molecule has 1 fully saturated rings. The first kappa shape index (κ1) is 10.0. The van der Waals surface area contributed by atoms with E-state index < -0.39 is 0 Å². The van der Waals surface area contributed by atoms with E-state index in [0.717, 1.165) is 12.1 Å². The molecule has 1 nitrogen and oxygen atoms in total. The van der Waals surface area contributed by atoms with E-state index in [0.29, 0.717) is 0 Å². The van der Waals surface area contributed by atoms with Crippen LogP contribution in [0, 0.1) is 0 Å². The van der Waals surface area contributed by atoms with Crippen LogP contribution in [0.15, 0.2) is 0 Å². The van der Waals surface area contributed by atoms with Gasteiger partial charge in [0, 0.05) is 12.1 Å². The van der Waals surface area contributed by atoms with Crippen LogP contribution in [0.2, 0.25) is 0 Å². The van der Waals surface area contributed by atoms with Gasteiger partial charge in [0.25, 0.3) is 0 Å². The molecule has 1 saturated heterocycles. The first-order valence-electron chi connectivity index (χ1n) is 5.62. The van der Waals surface area contributed by atoms with Crippen molar-refractivity contribution in [3.63, 3.8) is 0 Å². The summed E-state index contributed by atoms with van der Waals surface area (Å²) in [6.45, 7) is 4.56. The standard InChI is InChI=1S/C11H23N/c1-3-5-7-11-9-8-10(12-11)6-4-2/h10-12H,3-9H2,1-2H3/t10-,11+/m1/s1. The first-order chi connectivity index (χ1) is 5.86. The zero-order valence-electron chi connectivity index (χ0n) is 8.60. The van der Waals surface area contributed by atoms with E-state index in [1.54, 1.807) is 0 Å². The maximum Gasteiger partial charge on any atom is 0.00702 e. The lowest BCUT2D eigenvalue weighted by Crippen LogP contribution is -2.28. The van der Waals surface area contributed by atoms with E-state index in [2.05, 4.69) is 19.2 Å². The largest absolute Gasteiger partial charge is 0.311 e. The van der Waals surface area contributed by atoms with E-state index in [1.807, 2.05) is 0 Å². The fourth-order valence-corrected chi connectivity index (χ4v) is 2.16. The maximum atomic E-state index is 3.73. The zero-order chi connectivity index (χ0) is 8.81. The van der Waals surface area contributed by atoms with E-state index in [1.165, 1.54) is 44.9 Å². The zero-order valence-corrected chi connectivity index (χ0v) is 8.60. The van der Waals surface area contributed by atoms with Crippen molar-refractivity contribution in [2.75, 3.05) is 0 Å². The Balaban J connectivity index is 2.08. The summed E-state index contributed by atoms with van der Waals surface area (Å²) in [6, 6.07) is 1.69. The van der Waals surface area contributed by atoms with Crippen LogP contribution >= 0.6 is 0 Å². The second kappa shape index (κ2) is 5.58. The van der Waals surface area contributed by atoms with Crippen LogP contribution < -0.4 is 5.32 Å². The summed E-state index contributed by atoms with van der Waals surface area (Å²) in [5.74, 6) is 0. The molecule has 0 amide bonds. The topological polar surface area (TPSA) is 12.0 Å². The van der Waals surface area contributed by atoms with E-state index in [9.17, 15) is 0 Å². The van der Waals surface area contributed by atoms with Crippen LogP contribution in [0.25, 0.3) is 0 Å². The summed E-state index contributed by atoms with van der Waals surface area (Å²) in [5, 5.41) is 3.73. The van der Waals surface area contributed by atoms with E-state index in [4.69, 9.17) is 0 Å². The van der Waals surface area contributed by atoms with Crippen molar-refractivity contribution in [1.29, 1.82) is 0 Å². The summed E-state index contributed by atoms with van der Waals surface area (Å²) in [6.07, 6.45) is 9.69. The fourth-order valence-electron chi connectivity index (χ4n) is 2.16. The smallest absolute Gasteiger partial charge is 0.00702 e. The number of unbranched alkanes of at least 4 members (excludes halogenated alkanes) is 1. The highest BCUT2D eigenvalue weighted by Gasteiger charge is 2.21. The molecule has 12 heavy (non-hydrogen) atoms. The van der Waals surface area contributed by atoms with Gasteiger partial charge in [0.1, 0.15) is 0 Å². The average Bonchev–Trinajstić information content (AvgIpc) is 2.50. The van der Waals surface area contributed by atoms with Gasteiger partial charge in [-0.2, -0.15) is 0 Å². The second-order valence-corrected chi connectivity index (χ2v) is 4.07. The molecule has 0 aromatic heterocycles. The molecular formula is C11H23N. The quantitative estimate of drug-likeness (QED) is 0.667. The van der Waals surface area contributed by atoms with Gasteiger partial charge in [-0.3, -0.25) is 0 Å². The highest BCUT2D eigenvalue weighted by molar-refractivity contribution is 4.82. The predicted molar refractivity (Wildman–Crippen MR) is 54.4 cm³/mol. The molecule has 1 aliphatic rings. The Bertz CT molecular complexity index is 112. The van der Waals surface area contributed by atoms with Crippen molar-refractivity contribution < 1.29 is 0 Å². The molecule has 0 saturated carbocycles. The van der Waals surface area contributed by atoms with Crippen molar-refractivity contribution in [2.24, 2.45) is 0 Å². The summed E-state index contributed by atoms with van der Waals surface area (Å²) in [5.41, 5.74) is 0. The molecule has 1 heterocycles. The molecule has 1 N–H and O–H groups in total. The van der Waals surface area contributed by atoms with E-state index in [-0.39, 0.29) is 0 Å². The SMILES string of the molecule is CCCC[C@H]1CC[C@@H](CCC)N1. The molecule has 0 spiro atoms. The molecule has 1 heteroatoms. The maximum absolute atomic E-state index is 3.73. The normalized spacial score (nSPS) is 29.5.